The van der Waals surface area contributed by atoms with Crippen molar-refractivity contribution < 1.29 is 14.3 Å². The Morgan fingerprint density at radius 3 is 2.63 bits per heavy atom. The van der Waals surface area contributed by atoms with Crippen LogP contribution in [0.25, 0.3) is 5.65 Å². The zero-order valence-corrected chi connectivity index (χ0v) is 24.5. The van der Waals surface area contributed by atoms with Crippen molar-refractivity contribution in [1.29, 1.82) is 0 Å². The van der Waals surface area contributed by atoms with Crippen molar-refractivity contribution in [1.82, 2.24) is 24.5 Å². The molecule has 2 aliphatic rings. The van der Waals surface area contributed by atoms with Gasteiger partial charge in [0, 0.05) is 44.0 Å². The molecule has 1 saturated carbocycles. The van der Waals surface area contributed by atoms with Gasteiger partial charge < -0.3 is 15.0 Å². The molecule has 0 amide bonds. The van der Waals surface area contributed by atoms with Crippen molar-refractivity contribution in [3.63, 3.8) is 0 Å². The molecular formula is C32H42N6O3. The Morgan fingerprint density at radius 1 is 1.15 bits per heavy atom. The Hall–Kier alpha value is -3.59. The van der Waals surface area contributed by atoms with Gasteiger partial charge in [-0.05, 0) is 68.2 Å². The molecule has 0 bridgehead atoms. The summed E-state index contributed by atoms with van der Waals surface area (Å²) < 4.78 is 7.94. The Kier molecular flexibility index (Phi) is 9.12. The average molecular weight is 559 g/mol. The molecule has 3 heterocycles. The molecule has 2 fully saturated rings. The summed E-state index contributed by atoms with van der Waals surface area (Å²) in [4.78, 5) is 36.5. The SMILES string of the molecule is C=CC(=O)CC1CCC(C(=O)Cc2cccc(CNc3nc(OC4CCN(C)C4)nc4c(C(C)C)cnn34)c2)CC1. The number of aromatic nitrogens is 4. The van der Waals surface area contributed by atoms with Crippen molar-refractivity contribution in [3.05, 3.63) is 59.8 Å². The molecular weight excluding hydrogens is 516 g/mol. The van der Waals surface area contributed by atoms with Crippen LogP contribution in [0.5, 0.6) is 6.01 Å². The lowest BCUT2D eigenvalue weighted by Gasteiger charge is -2.27. The summed E-state index contributed by atoms with van der Waals surface area (Å²) in [6, 6.07) is 8.53. The van der Waals surface area contributed by atoms with E-state index in [-0.39, 0.29) is 23.7 Å². The largest absolute Gasteiger partial charge is 0.459 e. The molecule has 0 spiro atoms. The number of anilines is 1. The first kappa shape index (κ1) is 28.9. The minimum absolute atomic E-state index is 0.0691. The number of likely N-dealkylation sites (N-methyl/N-ethyl adjacent to an activating group) is 1. The van der Waals surface area contributed by atoms with Crippen LogP contribution >= 0.6 is 0 Å². The maximum atomic E-state index is 13.1. The van der Waals surface area contributed by atoms with E-state index in [1.54, 1.807) is 4.52 Å². The number of nitrogens with one attached hydrogen (secondary N) is 1. The molecule has 3 aromatic rings. The summed E-state index contributed by atoms with van der Waals surface area (Å²) in [6.07, 6.45) is 8.86. The first-order valence-corrected chi connectivity index (χ1v) is 14.9. The summed E-state index contributed by atoms with van der Waals surface area (Å²) in [5.41, 5.74) is 3.87. The number of ether oxygens (including phenoxy) is 1. The van der Waals surface area contributed by atoms with E-state index >= 15 is 0 Å². The third-order valence-corrected chi connectivity index (χ3v) is 8.46. The quantitative estimate of drug-likeness (QED) is 0.310. The Bertz CT molecular complexity index is 1390. The Labute approximate surface area is 242 Å². The highest BCUT2D eigenvalue weighted by Gasteiger charge is 2.27. The van der Waals surface area contributed by atoms with Crippen LogP contribution in [0.15, 0.2) is 43.1 Å². The van der Waals surface area contributed by atoms with Gasteiger partial charge in [-0.1, -0.05) is 44.7 Å². The molecule has 1 aliphatic heterocycles. The van der Waals surface area contributed by atoms with Gasteiger partial charge in [-0.25, -0.2) is 0 Å². The van der Waals surface area contributed by atoms with Crippen molar-refractivity contribution in [2.45, 2.75) is 77.4 Å². The second-order valence-electron chi connectivity index (χ2n) is 12.0. The van der Waals surface area contributed by atoms with E-state index in [1.165, 1.54) is 6.08 Å². The van der Waals surface area contributed by atoms with Gasteiger partial charge in [0.05, 0.1) is 6.20 Å². The number of benzene rings is 1. The summed E-state index contributed by atoms with van der Waals surface area (Å²) >= 11 is 0. The number of likely N-dealkylation sites (tertiary alicyclic amines) is 1. The molecule has 218 valence electrons. The lowest BCUT2D eigenvalue weighted by molar-refractivity contribution is -0.123. The third-order valence-electron chi connectivity index (χ3n) is 8.46. The fourth-order valence-electron chi connectivity index (χ4n) is 6.02. The standard InChI is InChI=1S/C32H42N6O3/c1-5-26(39)16-22-9-11-25(12-10-22)29(40)17-23-7-6-8-24(15-23)18-33-31-36-32(41-27-13-14-37(4)20-27)35-30-28(21(2)3)19-34-38(30)31/h5-8,15,19,21-22,25,27H,1,9-14,16-18,20H2,2-4H3,(H,33,35,36). The number of allylic oxidation sites excluding steroid dienone is 1. The maximum Gasteiger partial charge on any atom is 0.322 e. The maximum absolute atomic E-state index is 13.1. The van der Waals surface area contributed by atoms with E-state index in [9.17, 15) is 9.59 Å². The predicted molar refractivity (Wildman–Crippen MR) is 159 cm³/mol. The number of ketones is 2. The minimum Gasteiger partial charge on any atom is -0.459 e. The first-order valence-electron chi connectivity index (χ1n) is 14.9. The van der Waals surface area contributed by atoms with Gasteiger partial charge in [-0.3, -0.25) is 9.59 Å². The fraction of sp³-hybridized carbons (Fsp3) is 0.531. The van der Waals surface area contributed by atoms with Gasteiger partial charge in [-0.15, -0.1) is 0 Å². The second kappa shape index (κ2) is 12.9. The number of carbonyl (C=O) groups excluding carboxylic acids is 2. The highest BCUT2D eigenvalue weighted by molar-refractivity contribution is 5.89. The van der Waals surface area contributed by atoms with Crippen LogP contribution in [0.4, 0.5) is 5.95 Å². The Balaban J connectivity index is 1.24. The minimum atomic E-state index is 0.0691. The summed E-state index contributed by atoms with van der Waals surface area (Å²) in [5, 5.41) is 8.01. The normalized spacial score (nSPS) is 21.3. The molecule has 41 heavy (non-hydrogen) atoms. The van der Waals surface area contributed by atoms with E-state index in [2.05, 4.69) is 54.9 Å². The van der Waals surface area contributed by atoms with Gasteiger partial charge in [0.1, 0.15) is 11.9 Å². The molecule has 0 radical (unpaired) electrons. The monoisotopic (exact) mass is 558 g/mol. The first-order chi connectivity index (χ1) is 19.8. The number of hydrogen-bond acceptors (Lipinski definition) is 8. The zero-order valence-electron chi connectivity index (χ0n) is 24.5. The summed E-state index contributed by atoms with van der Waals surface area (Å²) in [6.45, 7) is 10.2. The van der Waals surface area contributed by atoms with Crippen LogP contribution in [0.2, 0.25) is 0 Å². The van der Waals surface area contributed by atoms with Crippen LogP contribution in [0.1, 0.15) is 75.0 Å². The van der Waals surface area contributed by atoms with E-state index in [1.807, 2.05) is 18.3 Å². The van der Waals surface area contributed by atoms with Gasteiger partial charge >= 0.3 is 6.01 Å². The van der Waals surface area contributed by atoms with Crippen LogP contribution in [0.3, 0.4) is 0 Å². The van der Waals surface area contributed by atoms with Crippen molar-refractivity contribution in [3.8, 4) is 6.01 Å². The molecule has 1 N–H and O–H groups in total. The zero-order chi connectivity index (χ0) is 28.9. The molecule has 2 aromatic heterocycles. The molecule has 9 heteroatoms. The van der Waals surface area contributed by atoms with E-state index in [0.717, 1.165) is 67.5 Å². The fourth-order valence-corrected chi connectivity index (χ4v) is 6.02. The molecule has 5 rings (SSSR count). The number of rotatable bonds is 12. The summed E-state index contributed by atoms with van der Waals surface area (Å²) in [7, 11) is 2.09. The Morgan fingerprint density at radius 2 is 1.93 bits per heavy atom. The number of hydrogen-bond donors (Lipinski definition) is 1. The summed E-state index contributed by atoms with van der Waals surface area (Å²) in [5.74, 6) is 1.69. The van der Waals surface area contributed by atoms with Gasteiger partial charge in [0.15, 0.2) is 11.4 Å². The lowest BCUT2D eigenvalue weighted by atomic mass is 9.77. The lowest BCUT2D eigenvalue weighted by Crippen LogP contribution is -2.24. The molecule has 1 aliphatic carbocycles. The van der Waals surface area contributed by atoms with Crippen LogP contribution < -0.4 is 10.1 Å². The topological polar surface area (TPSA) is 102 Å². The smallest absolute Gasteiger partial charge is 0.322 e. The molecule has 1 unspecified atom stereocenters. The molecule has 1 atom stereocenters. The van der Waals surface area contributed by atoms with Gasteiger partial charge in [0.2, 0.25) is 5.95 Å². The van der Waals surface area contributed by atoms with Crippen molar-refractivity contribution >= 4 is 23.2 Å². The highest BCUT2D eigenvalue weighted by Crippen LogP contribution is 2.32. The van der Waals surface area contributed by atoms with Crippen LogP contribution in [0, 0.1) is 11.8 Å². The van der Waals surface area contributed by atoms with Crippen LogP contribution in [-0.2, 0) is 22.6 Å². The van der Waals surface area contributed by atoms with Gasteiger partial charge in [0.25, 0.3) is 0 Å². The van der Waals surface area contributed by atoms with E-state index < -0.39 is 0 Å². The number of nitrogens with zero attached hydrogens (tertiary/aromatic N) is 5. The van der Waals surface area contributed by atoms with E-state index in [4.69, 9.17) is 14.7 Å². The molecule has 1 saturated heterocycles. The van der Waals surface area contributed by atoms with Gasteiger partial charge in [-0.2, -0.15) is 19.6 Å². The number of carbonyl (C=O) groups is 2. The molecule has 1 aromatic carbocycles. The van der Waals surface area contributed by atoms with E-state index in [0.29, 0.717) is 43.0 Å². The third kappa shape index (κ3) is 7.19. The number of fused-ring (bicyclic) bond motifs is 1. The predicted octanol–water partition coefficient (Wildman–Crippen LogP) is 5.01. The highest BCUT2D eigenvalue weighted by atomic mass is 16.5. The number of Topliss-reactive ketones (excluding diaryl/α,β-unsaturated/α-hetero) is 1. The van der Waals surface area contributed by atoms with Crippen LogP contribution in [-0.4, -0.2) is 62.3 Å². The average Bonchev–Trinajstić information content (AvgIpc) is 3.58. The van der Waals surface area contributed by atoms with Crippen molar-refractivity contribution in [2.24, 2.45) is 11.8 Å². The van der Waals surface area contributed by atoms with Crippen molar-refractivity contribution in [2.75, 3.05) is 25.5 Å². The second-order valence-corrected chi connectivity index (χ2v) is 12.0. The molecule has 9 nitrogen and oxygen atoms in total.